The molecule has 1 amide bonds. The number of hydrogen-bond acceptors (Lipinski definition) is 17. The summed E-state index contributed by atoms with van der Waals surface area (Å²) in [4.78, 5) is 101. The average Bonchev–Trinajstić information content (AvgIpc) is 3.94. The van der Waals surface area contributed by atoms with Gasteiger partial charge in [0.15, 0.2) is 29.4 Å². The highest BCUT2D eigenvalue weighted by Crippen LogP contribution is 2.38. The third kappa shape index (κ3) is 18.0. The van der Waals surface area contributed by atoms with Gasteiger partial charge in [-0.1, -0.05) is 93.7 Å². The van der Waals surface area contributed by atoms with Crippen LogP contribution in [0.4, 0.5) is 0 Å². The molecule has 20 heteroatoms. The third-order valence-corrected chi connectivity index (χ3v) is 19.0. The van der Waals surface area contributed by atoms with Crippen LogP contribution in [0.5, 0.6) is 0 Å². The van der Waals surface area contributed by atoms with Gasteiger partial charge in [-0.15, -0.1) is 0 Å². The predicted octanol–water partition coefficient (Wildman–Crippen LogP) is 8.00. The Morgan fingerprint density at radius 3 is 2.07 bits per heavy atom. The smallest absolute Gasteiger partial charge is 0.373 e. The molecule has 0 aromatic carbocycles. The molecule has 1 aliphatic carbocycles. The summed E-state index contributed by atoms with van der Waals surface area (Å²) in [6.45, 7) is 16.5. The molecule has 15 atom stereocenters. The first-order valence-corrected chi connectivity index (χ1v) is 31.4. The molecule has 458 valence electrons. The number of methoxy groups -OCH3 is 3. The summed E-state index contributed by atoms with van der Waals surface area (Å²) in [6.07, 6.45) is 10.6. The number of ketones is 3. The maximum absolute atomic E-state index is 14.8. The number of aryl methyl sites for hydroxylation is 2. The highest BCUT2D eigenvalue weighted by atomic mass is 32.1. The highest BCUT2D eigenvalue weighted by molar-refractivity contribution is 7.07. The lowest BCUT2D eigenvalue weighted by atomic mass is 9.78. The number of fused-ring (bicyclic) bond motifs is 3. The van der Waals surface area contributed by atoms with E-state index in [1.807, 2.05) is 92.8 Å². The first-order valence-electron chi connectivity index (χ1n) is 29.5. The van der Waals surface area contributed by atoms with E-state index in [0.29, 0.717) is 63.4 Å². The number of Topliss-reactive ketones (excluding diaryl/α,β-unsaturated/α-hetero) is 3. The van der Waals surface area contributed by atoms with Crippen LogP contribution < -0.4 is 9.13 Å². The van der Waals surface area contributed by atoms with E-state index in [1.165, 1.54) is 34.7 Å². The summed E-state index contributed by atoms with van der Waals surface area (Å²) in [5.41, 5.74) is 6.75. The van der Waals surface area contributed by atoms with Gasteiger partial charge in [0.05, 0.1) is 29.1 Å². The van der Waals surface area contributed by atoms with Crippen molar-refractivity contribution in [1.82, 2.24) is 4.90 Å². The van der Waals surface area contributed by atoms with Crippen LogP contribution in [0.15, 0.2) is 69.4 Å². The summed E-state index contributed by atoms with van der Waals surface area (Å²) in [5.74, 6) is -9.61. The first kappa shape index (κ1) is 67.0. The molecule has 5 heterocycles. The van der Waals surface area contributed by atoms with Crippen LogP contribution in [0.3, 0.4) is 0 Å². The van der Waals surface area contributed by atoms with Gasteiger partial charge < -0.3 is 43.2 Å². The molecule has 4 aliphatic rings. The van der Waals surface area contributed by atoms with Crippen LogP contribution in [0.1, 0.15) is 137 Å². The molecule has 6 rings (SSSR count). The predicted molar refractivity (Wildman–Crippen MR) is 311 cm³/mol. The van der Waals surface area contributed by atoms with E-state index < -0.39 is 102 Å². The topological polar surface area (TPSA) is 215 Å². The number of nitrogens with zero attached hydrogens (tertiary/aromatic N) is 3. The second kappa shape index (κ2) is 31.3. The minimum Gasteiger partial charge on any atom is -0.460 e. The second-order valence-electron chi connectivity index (χ2n) is 23.8. The van der Waals surface area contributed by atoms with Gasteiger partial charge in [0.2, 0.25) is 29.9 Å². The lowest BCUT2D eigenvalue weighted by molar-refractivity contribution is -0.687. The van der Waals surface area contributed by atoms with Gasteiger partial charge in [-0.05, 0) is 107 Å². The molecule has 0 unspecified atom stereocenters. The van der Waals surface area contributed by atoms with Gasteiger partial charge in [-0.3, -0.25) is 19.2 Å². The number of piperidine rings is 1. The highest BCUT2D eigenvalue weighted by Gasteiger charge is 2.53. The summed E-state index contributed by atoms with van der Waals surface area (Å²) in [6, 6.07) is -1.20. The Labute approximate surface area is 498 Å². The van der Waals surface area contributed by atoms with Crippen molar-refractivity contribution < 1.29 is 81.0 Å². The molecule has 1 saturated carbocycles. The number of carbonyl (C=O) groups excluding carboxylic acids is 7. The number of allylic oxidation sites excluding steroid dienone is 6. The van der Waals surface area contributed by atoms with Crippen molar-refractivity contribution in [3.8, 4) is 0 Å². The van der Waals surface area contributed by atoms with E-state index in [4.69, 9.17) is 33.2 Å². The minimum atomic E-state index is -2.47. The van der Waals surface area contributed by atoms with Crippen molar-refractivity contribution in [2.24, 2.45) is 35.5 Å². The van der Waals surface area contributed by atoms with Crippen LogP contribution in [0.2, 0.25) is 0 Å². The molecule has 18 nitrogen and oxygen atoms in total. The van der Waals surface area contributed by atoms with Gasteiger partial charge in [-0.25, -0.2) is 14.4 Å². The summed E-state index contributed by atoms with van der Waals surface area (Å²) in [5, 5.41) is 16.0. The Balaban J connectivity index is 1.33. The fourth-order valence-electron chi connectivity index (χ4n) is 12.1. The van der Waals surface area contributed by atoms with Crippen LogP contribution in [0.25, 0.3) is 0 Å². The molecular weight excluding hydrogens is 1100 g/mol. The van der Waals surface area contributed by atoms with Gasteiger partial charge >= 0.3 is 17.9 Å². The van der Waals surface area contributed by atoms with E-state index in [1.54, 1.807) is 51.1 Å². The lowest BCUT2D eigenvalue weighted by Crippen LogP contribution is -2.61. The Hall–Kier alpha value is -5.09. The second-order valence-corrected chi connectivity index (χ2v) is 25.2. The Bertz CT molecular complexity index is 2690. The van der Waals surface area contributed by atoms with Crippen LogP contribution >= 0.6 is 22.7 Å². The normalized spacial score (nSPS) is 33.0. The van der Waals surface area contributed by atoms with Gasteiger partial charge in [0.25, 0.3) is 11.7 Å². The molecular formula is C63H91N3O15S2+2. The third-order valence-electron chi connectivity index (χ3n) is 17.3. The number of carbonyl (C=O) groups is 7. The molecule has 0 spiro atoms. The molecule has 1 N–H and O–H groups in total. The van der Waals surface area contributed by atoms with Crippen molar-refractivity contribution in [2.45, 2.75) is 207 Å². The quantitative estimate of drug-likeness (QED) is 0.0701. The van der Waals surface area contributed by atoms with Gasteiger partial charge in [-0.2, -0.15) is 9.13 Å². The number of amides is 1. The van der Waals surface area contributed by atoms with Crippen molar-refractivity contribution in [3.63, 3.8) is 0 Å². The standard InChI is InChI=1S/C63H91N3O15S2/c1-38-18-14-13-15-19-39(2)52(75-10)30-48-23-21-44(7)63(74,81-48)60(71)61(72)66-25-17-16-20-49(66)62(73)79-53(41(4)28-47-22-24-51(54(29-47)76-11)78-55(68)32-64-36-82-34-45(64)8)31-50(67)40(3)27-43(6)58(59(77-12)57(70)42(5)26-38)80-56(69)33-65-37-83-35-46(65)9/h13-15,18-19,27,34-38,40-42,44,47-49,51-54,58-59,74H,16-17,20-26,28-33H2,1-12H3/q+2/b15-13?,18-14+,39-19?,43-27+/t38-,40-,41-,42-,44-,47+,48+,49+,51-,52+,53+,54-,58-,59+,63-/m1/s1. The zero-order chi connectivity index (χ0) is 60.7. The molecule has 2 bridgehead atoms. The van der Waals surface area contributed by atoms with Crippen molar-refractivity contribution in [1.29, 1.82) is 0 Å². The number of hydrogen-bond donors (Lipinski definition) is 1. The summed E-state index contributed by atoms with van der Waals surface area (Å²) in [7, 11) is 4.56. The molecule has 3 fully saturated rings. The van der Waals surface area contributed by atoms with Crippen molar-refractivity contribution >= 4 is 63.8 Å². The van der Waals surface area contributed by atoms with Crippen LogP contribution in [-0.4, -0.2) is 134 Å². The number of esters is 3. The summed E-state index contributed by atoms with van der Waals surface area (Å²) < 4.78 is 46.2. The molecule has 2 saturated heterocycles. The van der Waals surface area contributed by atoms with Crippen molar-refractivity contribution in [2.75, 3.05) is 27.9 Å². The largest absolute Gasteiger partial charge is 0.460 e. The van der Waals surface area contributed by atoms with E-state index in [0.717, 1.165) is 17.0 Å². The maximum Gasteiger partial charge on any atom is 0.373 e. The number of aromatic nitrogens is 2. The lowest BCUT2D eigenvalue weighted by Gasteiger charge is -2.42. The van der Waals surface area contributed by atoms with E-state index in [-0.39, 0.29) is 68.3 Å². The number of aliphatic hydroxyl groups is 1. The average molecular weight is 1190 g/mol. The number of ether oxygens (including phenoxy) is 7. The minimum absolute atomic E-state index is 0.0149. The molecule has 2 aromatic heterocycles. The van der Waals surface area contributed by atoms with E-state index in [2.05, 4.69) is 0 Å². The SMILES string of the molecule is CO[C@H]1C[C@@H]2CC[C@@H](C)[C@@](O)(O2)C(=O)C(=O)N2CCCC[C@H]2C(=O)O[C@H]([C@H](C)C[C@@H]2CC[C@@H](OC(=O)C[n+]3cscc3C)[C@H](OC)C2)CC(=O)[C@H](C)/C=C(\C)[C@@H](OC(=O)C[n+]2cscc2C)[C@@H](OC)C(=O)[C@H](C)C[C@H](C)/C=C/C=CC=C1C. The zero-order valence-corrected chi connectivity index (χ0v) is 52.4. The van der Waals surface area contributed by atoms with E-state index >= 15 is 0 Å². The molecule has 2 aromatic rings. The van der Waals surface area contributed by atoms with Crippen LogP contribution in [0, 0.1) is 49.4 Å². The molecule has 0 radical (unpaired) electrons. The van der Waals surface area contributed by atoms with Crippen LogP contribution in [-0.2, 0) is 79.8 Å². The monoisotopic (exact) mass is 1190 g/mol. The maximum atomic E-state index is 14.8. The first-order chi connectivity index (χ1) is 39.5. The fraction of sp³-hybridized carbons (Fsp3) is 0.667. The van der Waals surface area contributed by atoms with Gasteiger partial charge in [0.1, 0.15) is 24.0 Å². The molecule has 83 heavy (non-hydrogen) atoms. The fourth-order valence-corrected chi connectivity index (χ4v) is 13.6. The Morgan fingerprint density at radius 1 is 0.771 bits per heavy atom. The number of thiazole rings is 2. The van der Waals surface area contributed by atoms with Gasteiger partial charge in [0, 0.05) is 72.3 Å². The zero-order valence-electron chi connectivity index (χ0n) is 50.8. The Kier molecular flexibility index (Phi) is 25.3. The number of rotatable bonds is 12. The summed E-state index contributed by atoms with van der Waals surface area (Å²) >= 11 is 2.93. The van der Waals surface area contributed by atoms with Crippen molar-refractivity contribution in [3.05, 3.63) is 80.8 Å². The Morgan fingerprint density at radius 2 is 1.45 bits per heavy atom. The molecule has 3 aliphatic heterocycles. The van der Waals surface area contributed by atoms with E-state index in [9.17, 15) is 38.7 Å². The number of cyclic esters (lactones) is 1.